The Bertz CT molecular complexity index is 1030. The lowest BCUT2D eigenvalue weighted by atomic mass is 10.2. The third-order valence-electron chi connectivity index (χ3n) is 4.18. The first-order valence-electron chi connectivity index (χ1n) is 8.68. The molecular weight excluding hydrogens is 380 g/mol. The average Bonchev–Trinajstić information content (AvgIpc) is 2.65. The molecule has 0 aliphatic rings. The molecule has 28 heavy (non-hydrogen) atoms. The van der Waals surface area contributed by atoms with Gasteiger partial charge < -0.3 is 9.64 Å². The van der Waals surface area contributed by atoms with Gasteiger partial charge in [-0.3, -0.25) is 10.1 Å². The van der Waals surface area contributed by atoms with E-state index in [-0.39, 0.29) is 17.4 Å². The Balaban J connectivity index is 2.08. The summed E-state index contributed by atoms with van der Waals surface area (Å²) in [6, 6.07) is 12.7. The van der Waals surface area contributed by atoms with E-state index < -0.39 is 4.92 Å². The van der Waals surface area contributed by atoms with Crippen molar-refractivity contribution in [3.05, 3.63) is 75.1 Å². The normalized spacial score (nSPS) is 10.6. The standard InChI is InChI=1S/C20H19ClN4O3/c1-4-24(15-7-5-6-13(2)10-15)19-18(25(26)27)20(23-12-22-19)28-16-8-9-17(21)14(3)11-16/h5-12H,4H2,1-3H3. The van der Waals surface area contributed by atoms with Crippen molar-refractivity contribution in [3.63, 3.8) is 0 Å². The van der Waals surface area contributed by atoms with Crippen molar-refractivity contribution >= 4 is 28.8 Å². The van der Waals surface area contributed by atoms with Gasteiger partial charge in [0.05, 0.1) is 4.92 Å². The smallest absolute Gasteiger partial charge is 0.373 e. The van der Waals surface area contributed by atoms with Gasteiger partial charge in [0.2, 0.25) is 5.82 Å². The van der Waals surface area contributed by atoms with Crippen molar-refractivity contribution in [1.82, 2.24) is 9.97 Å². The molecule has 0 saturated carbocycles. The van der Waals surface area contributed by atoms with Crippen LogP contribution in [0.25, 0.3) is 0 Å². The van der Waals surface area contributed by atoms with Crippen molar-refractivity contribution in [1.29, 1.82) is 0 Å². The summed E-state index contributed by atoms with van der Waals surface area (Å²) in [5.41, 5.74) is 2.35. The summed E-state index contributed by atoms with van der Waals surface area (Å²) < 4.78 is 5.72. The number of aromatic nitrogens is 2. The van der Waals surface area contributed by atoms with E-state index in [2.05, 4.69) is 9.97 Å². The maximum absolute atomic E-state index is 11.9. The Morgan fingerprint density at radius 1 is 1.18 bits per heavy atom. The fourth-order valence-electron chi connectivity index (χ4n) is 2.83. The number of ether oxygens (including phenoxy) is 1. The number of anilines is 2. The number of hydrogen-bond acceptors (Lipinski definition) is 6. The van der Waals surface area contributed by atoms with Crippen molar-refractivity contribution in [2.45, 2.75) is 20.8 Å². The molecule has 3 aromatic rings. The maximum Gasteiger partial charge on any atom is 0.373 e. The molecule has 144 valence electrons. The highest BCUT2D eigenvalue weighted by Crippen LogP contribution is 2.39. The average molecular weight is 399 g/mol. The summed E-state index contributed by atoms with van der Waals surface area (Å²) in [5, 5.41) is 12.5. The van der Waals surface area contributed by atoms with Crippen LogP contribution in [0.5, 0.6) is 11.6 Å². The predicted molar refractivity (Wildman–Crippen MR) is 109 cm³/mol. The van der Waals surface area contributed by atoms with Crippen LogP contribution in [0.3, 0.4) is 0 Å². The van der Waals surface area contributed by atoms with Gasteiger partial charge in [0, 0.05) is 17.3 Å². The second-order valence-corrected chi connectivity index (χ2v) is 6.61. The van der Waals surface area contributed by atoms with Crippen LogP contribution in [0.4, 0.5) is 17.2 Å². The fourth-order valence-corrected chi connectivity index (χ4v) is 2.95. The summed E-state index contributed by atoms with van der Waals surface area (Å²) in [5.74, 6) is 0.463. The molecule has 0 saturated heterocycles. The molecule has 0 amide bonds. The van der Waals surface area contributed by atoms with Crippen LogP contribution in [-0.2, 0) is 0 Å². The second-order valence-electron chi connectivity index (χ2n) is 6.20. The van der Waals surface area contributed by atoms with Crippen LogP contribution in [0, 0.1) is 24.0 Å². The Labute approximate surface area is 167 Å². The van der Waals surface area contributed by atoms with Gasteiger partial charge in [-0.25, -0.2) is 4.98 Å². The number of hydrogen-bond donors (Lipinski definition) is 0. The lowest BCUT2D eigenvalue weighted by Gasteiger charge is -2.22. The summed E-state index contributed by atoms with van der Waals surface area (Å²) in [7, 11) is 0. The van der Waals surface area contributed by atoms with E-state index in [1.165, 1.54) is 6.33 Å². The summed E-state index contributed by atoms with van der Waals surface area (Å²) in [4.78, 5) is 21.3. The number of nitrogens with zero attached hydrogens (tertiary/aromatic N) is 4. The van der Waals surface area contributed by atoms with E-state index in [1.54, 1.807) is 23.1 Å². The van der Waals surface area contributed by atoms with Crippen molar-refractivity contribution < 1.29 is 9.66 Å². The molecule has 7 nitrogen and oxygen atoms in total. The first-order chi connectivity index (χ1) is 13.4. The zero-order valence-corrected chi connectivity index (χ0v) is 16.5. The van der Waals surface area contributed by atoms with Gasteiger partial charge in [-0.05, 0) is 62.2 Å². The number of halogens is 1. The minimum Gasteiger partial charge on any atom is -0.434 e. The lowest BCUT2D eigenvalue weighted by Crippen LogP contribution is -2.19. The molecule has 0 radical (unpaired) electrons. The summed E-state index contributed by atoms with van der Waals surface area (Å²) in [6.07, 6.45) is 1.26. The highest BCUT2D eigenvalue weighted by atomic mass is 35.5. The molecule has 8 heteroatoms. The van der Waals surface area contributed by atoms with Gasteiger partial charge in [0.15, 0.2) is 0 Å². The van der Waals surface area contributed by atoms with Crippen LogP contribution in [0.1, 0.15) is 18.1 Å². The molecule has 0 spiro atoms. The monoisotopic (exact) mass is 398 g/mol. The first kappa shape index (κ1) is 19.6. The zero-order chi connectivity index (χ0) is 20.3. The zero-order valence-electron chi connectivity index (χ0n) is 15.7. The van der Waals surface area contributed by atoms with E-state index >= 15 is 0 Å². The van der Waals surface area contributed by atoms with Crippen LogP contribution < -0.4 is 9.64 Å². The van der Waals surface area contributed by atoms with E-state index in [1.807, 2.05) is 45.0 Å². The van der Waals surface area contributed by atoms with Gasteiger partial charge in [0.1, 0.15) is 12.1 Å². The molecule has 0 aliphatic carbocycles. The van der Waals surface area contributed by atoms with E-state index in [4.69, 9.17) is 16.3 Å². The highest BCUT2D eigenvalue weighted by Gasteiger charge is 2.29. The molecule has 0 N–H and O–H groups in total. The topological polar surface area (TPSA) is 81.4 Å². The number of nitro groups is 1. The van der Waals surface area contributed by atoms with Crippen LogP contribution in [0.2, 0.25) is 5.02 Å². The second kappa shape index (κ2) is 8.22. The van der Waals surface area contributed by atoms with Crippen LogP contribution in [-0.4, -0.2) is 21.4 Å². The minimum atomic E-state index is -0.522. The molecule has 0 unspecified atom stereocenters. The van der Waals surface area contributed by atoms with Gasteiger partial charge in [-0.2, -0.15) is 4.98 Å². The molecule has 1 heterocycles. The number of aryl methyl sites for hydroxylation is 2. The van der Waals surface area contributed by atoms with Crippen molar-refractivity contribution in [3.8, 4) is 11.6 Å². The first-order valence-corrected chi connectivity index (χ1v) is 9.06. The third kappa shape index (κ3) is 4.04. The van der Waals surface area contributed by atoms with E-state index in [0.717, 1.165) is 16.8 Å². The minimum absolute atomic E-state index is 0.122. The van der Waals surface area contributed by atoms with Gasteiger partial charge in [0.25, 0.3) is 0 Å². The molecule has 3 rings (SSSR count). The van der Waals surface area contributed by atoms with Crippen molar-refractivity contribution in [2.75, 3.05) is 11.4 Å². The number of benzene rings is 2. The molecule has 0 bridgehead atoms. The fraction of sp³-hybridized carbons (Fsp3) is 0.200. The third-order valence-corrected chi connectivity index (χ3v) is 4.61. The lowest BCUT2D eigenvalue weighted by molar-refractivity contribution is -0.385. The Kier molecular flexibility index (Phi) is 5.75. The molecule has 0 fully saturated rings. The number of rotatable bonds is 6. The van der Waals surface area contributed by atoms with E-state index in [0.29, 0.717) is 17.3 Å². The SMILES string of the molecule is CCN(c1cccc(C)c1)c1ncnc(Oc2ccc(Cl)c(C)c2)c1[N+](=O)[O-]. The van der Waals surface area contributed by atoms with Crippen LogP contribution >= 0.6 is 11.6 Å². The van der Waals surface area contributed by atoms with E-state index in [9.17, 15) is 10.1 Å². The van der Waals surface area contributed by atoms with Gasteiger partial charge >= 0.3 is 11.6 Å². The molecule has 0 aliphatic heterocycles. The molecule has 1 aromatic heterocycles. The summed E-state index contributed by atoms with van der Waals surface area (Å²) >= 11 is 6.04. The van der Waals surface area contributed by atoms with Gasteiger partial charge in [-0.15, -0.1) is 0 Å². The Morgan fingerprint density at radius 2 is 1.96 bits per heavy atom. The molecular formula is C20H19ClN4O3. The molecule has 0 atom stereocenters. The molecule has 2 aromatic carbocycles. The van der Waals surface area contributed by atoms with Gasteiger partial charge in [-0.1, -0.05) is 23.7 Å². The maximum atomic E-state index is 11.9. The van der Waals surface area contributed by atoms with Crippen molar-refractivity contribution in [2.24, 2.45) is 0 Å². The quantitative estimate of drug-likeness (QED) is 0.396. The largest absolute Gasteiger partial charge is 0.434 e. The highest BCUT2D eigenvalue weighted by molar-refractivity contribution is 6.31. The predicted octanol–water partition coefficient (Wildman–Crippen LogP) is 5.61. The summed E-state index contributed by atoms with van der Waals surface area (Å²) in [6.45, 7) is 6.17. The van der Waals surface area contributed by atoms with Crippen LogP contribution in [0.15, 0.2) is 48.8 Å². The Hall–Kier alpha value is -3.19. The Morgan fingerprint density at radius 3 is 2.61 bits per heavy atom.